The fourth-order valence-corrected chi connectivity index (χ4v) is 2.30. The fraction of sp³-hybridized carbons (Fsp3) is 0.600. The summed E-state index contributed by atoms with van der Waals surface area (Å²) >= 11 is 1.59. The topological polar surface area (TPSA) is 54.0 Å². The number of aromatic nitrogens is 1. The van der Waals surface area contributed by atoms with Crippen LogP contribution in [0.5, 0.6) is 0 Å². The summed E-state index contributed by atoms with van der Waals surface area (Å²) in [6.45, 7) is 1.64. The molecular formula is C10H15N3OS. The second-order valence-electron chi connectivity index (χ2n) is 3.67. The van der Waals surface area contributed by atoms with E-state index in [4.69, 9.17) is 0 Å². The Morgan fingerprint density at radius 1 is 1.73 bits per heavy atom. The number of nitrogens with zero attached hydrogens (tertiary/aromatic N) is 1. The summed E-state index contributed by atoms with van der Waals surface area (Å²) in [7, 11) is 0. The Labute approximate surface area is 93.1 Å². The summed E-state index contributed by atoms with van der Waals surface area (Å²) in [5.74, 6) is 0.128. The molecule has 2 N–H and O–H groups in total. The number of carbonyl (C=O) groups excluding carboxylic acids is 1. The summed E-state index contributed by atoms with van der Waals surface area (Å²) in [5, 5.41) is 8.11. The molecule has 1 saturated heterocycles. The lowest BCUT2D eigenvalue weighted by atomic mass is 10.2. The largest absolute Gasteiger partial charge is 0.354 e. The summed E-state index contributed by atoms with van der Waals surface area (Å²) in [6, 6.07) is 0.0282. The van der Waals surface area contributed by atoms with Gasteiger partial charge in [-0.1, -0.05) is 0 Å². The maximum atomic E-state index is 11.6. The lowest BCUT2D eigenvalue weighted by Crippen LogP contribution is -2.41. The minimum atomic E-state index is 0.0282. The number of rotatable bonds is 4. The van der Waals surface area contributed by atoms with Crippen molar-refractivity contribution >= 4 is 17.2 Å². The Balaban J connectivity index is 1.67. The third-order valence-corrected chi connectivity index (χ3v) is 3.18. The monoisotopic (exact) mass is 225 g/mol. The molecule has 1 aliphatic heterocycles. The molecule has 4 nitrogen and oxygen atoms in total. The summed E-state index contributed by atoms with van der Waals surface area (Å²) in [5.41, 5.74) is 2.87. The van der Waals surface area contributed by atoms with Crippen LogP contribution in [0.2, 0.25) is 0 Å². The molecule has 1 amide bonds. The van der Waals surface area contributed by atoms with Crippen molar-refractivity contribution in [3.8, 4) is 0 Å². The van der Waals surface area contributed by atoms with Gasteiger partial charge in [0, 0.05) is 18.3 Å². The number of thiazole rings is 1. The van der Waals surface area contributed by atoms with Crippen LogP contribution < -0.4 is 10.6 Å². The van der Waals surface area contributed by atoms with Gasteiger partial charge >= 0.3 is 0 Å². The first kappa shape index (κ1) is 10.6. The Bertz CT molecular complexity index is 306. The molecule has 0 aromatic carbocycles. The van der Waals surface area contributed by atoms with Crippen LogP contribution in [-0.4, -0.2) is 30.0 Å². The molecule has 0 radical (unpaired) electrons. The smallest absolute Gasteiger partial charge is 0.237 e. The minimum Gasteiger partial charge on any atom is -0.354 e. The van der Waals surface area contributed by atoms with Crippen LogP contribution in [0.4, 0.5) is 0 Å². The highest BCUT2D eigenvalue weighted by Crippen LogP contribution is 2.05. The van der Waals surface area contributed by atoms with Crippen molar-refractivity contribution in [2.45, 2.75) is 25.3 Å². The lowest BCUT2D eigenvalue weighted by Gasteiger charge is -2.10. The summed E-state index contributed by atoms with van der Waals surface area (Å²) in [6.07, 6.45) is 2.88. The molecule has 1 fully saturated rings. The van der Waals surface area contributed by atoms with Crippen LogP contribution in [-0.2, 0) is 11.2 Å². The number of carbonyl (C=O) groups is 1. The van der Waals surface area contributed by atoms with Crippen LogP contribution in [0, 0.1) is 0 Å². The van der Waals surface area contributed by atoms with E-state index in [1.165, 1.54) is 0 Å². The third kappa shape index (κ3) is 3.00. The van der Waals surface area contributed by atoms with Gasteiger partial charge in [0.25, 0.3) is 0 Å². The van der Waals surface area contributed by atoms with E-state index in [0.717, 1.165) is 31.5 Å². The highest BCUT2D eigenvalue weighted by Gasteiger charge is 2.21. The molecule has 0 saturated carbocycles. The average Bonchev–Trinajstić information content (AvgIpc) is 2.90. The van der Waals surface area contributed by atoms with Gasteiger partial charge < -0.3 is 10.6 Å². The van der Waals surface area contributed by atoms with Gasteiger partial charge in [-0.05, 0) is 19.4 Å². The quantitative estimate of drug-likeness (QED) is 0.787. The Hall–Kier alpha value is -0.940. The van der Waals surface area contributed by atoms with Crippen molar-refractivity contribution in [1.82, 2.24) is 15.6 Å². The van der Waals surface area contributed by atoms with Crippen molar-refractivity contribution in [3.63, 3.8) is 0 Å². The normalized spacial score (nSPS) is 20.4. The van der Waals surface area contributed by atoms with Crippen molar-refractivity contribution < 1.29 is 4.79 Å². The molecule has 0 unspecified atom stereocenters. The van der Waals surface area contributed by atoms with Crippen molar-refractivity contribution in [1.29, 1.82) is 0 Å². The van der Waals surface area contributed by atoms with Gasteiger partial charge in [-0.25, -0.2) is 4.98 Å². The lowest BCUT2D eigenvalue weighted by molar-refractivity contribution is -0.122. The van der Waals surface area contributed by atoms with E-state index in [9.17, 15) is 4.79 Å². The van der Waals surface area contributed by atoms with Crippen LogP contribution in [0.15, 0.2) is 10.9 Å². The van der Waals surface area contributed by atoms with E-state index in [-0.39, 0.29) is 11.9 Å². The Morgan fingerprint density at radius 2 is 2.67 bits per heavy atom. The molecule has 15 heavy (non-hydrogen) atoms. The zero-order chi connectivity index (χ0) is 10.5. The van der Waals surface area contributed by atoms with E-state index in [0.29, 0.717) is 6.54 Å². The van der Waals surface area contributed by atoms with E-state index in [2.05, 4.69) is 15.6 Å². The van der Waals surface area contributed by atoms with Crippen LogP contribution >= 0.6 is 11.3 Å². The molecule has 2 heterocycles. The second-order valence-corrected chi connectivity index (χ2v) is 4.39. The van der Waals surface area contributed by atoms with Crippen molar-refractivity contribution in [2.75, 3.05) is 13.1 Å². The predicted octanol–water partition coefficient (Wildman–Crippen LogP) is 0.554. The van der Waals surface area contributed by atoms with E-state index >= 15 is 0 Å². The maximum absolute atomic E-state index is 11.6. The average molecular weight is 225 g/mol. The first-order valence-corrected chi connectivity index (χ1v) is 6.19. The molecule has 1 aliphatic rings. The van der Waals surface area contributed by atoms with Gasteiger partial charge in [-0.15, -0.1) is 11.3 Å². The number of hydrogen-bond donors (Lipinski definition) is 2. The molecule has 2 rings (SSSR count). The zero-order valence-electron chi connectivity index (χ0n) is 8.53. The summed E-state index contributed by atoms with van der Waals surface area (Å²) < 4.78 is 0. The highest BCUT2D eigenvalue weighted by atomic mass is 32.1. The fourth-order valence-electron chi connectivity index (χ4n) is 1.71. The molecule has 5 heteroatoms. The number of nitrogens with one attached hydrogen (secondary N) is 2. The van der Waals surface area contributed by atoms with Gasteiger partial charge in [0.15, 0.2) is 0 Å². The van der Waals surface area contributed by atoms with Gasteiger partial charge in [0.05, 0.1) is 17.2 Å². The molecule has 1 atom stereocenters. The standard InChI is InChI=1S/C10H15N3OS/c14-10(9-2-1-4-11-9)12-5-3-8-6-15-7-13-8/h6-7,9,11H,1-5H2,(H,12,14)/t9-/m0/s1. The maximum Gasteiger partial charge on any atom is 0.237 e. The molecule has 0 bridgehead atoms. The van der Waals surface area contributed by atoms with Gasteiger partial charge in [0.1, 0.15) is 0 Å². The van der Waals surface area contributed by atoms with E-state index in [1.807, 2.05) is 10.9 Å². The third-order valence-electron chi connectivity index (χ3n) is 2.54. The van der Waals surface area contributed by atoms with Crippen LogP contribution in [0.1, 0.15) is 18.5 Å². The van der Waals surface area contributed by atoms with Gasteiger partial charge in [0.2, 0.25) is 5.91 Å². The Morgan fingerprint density at radius 3 is 3.33 bits per heavy atom. The van der Waals surface area contributed by atoms with Gasteiger partial charge in [-0.2, -0.15) is 0 Å². The van der Waals surface area contributed by atoms with E-state index in [1.54, 1.807) is 11.3 Å². The first-order chi connectivity index (χ1) is 7.36. The van der Waals surface area contributed by atoms with Crippen LogP contribution in [0.3, 0.4) is 0 Å². The molecule has 1 aromatic heterocycles. The first-order valence-electron chi connectivity index (χ1n) is 5.24. The predicted molar refractivity (Wildman–Crippen MR) is 59.9 cm³/mol. The van der Waals surface area contributed by atoms with Crippen molar-refractivity contribution in [2.24, 2.45) is 0 Å². The van der Waals surface area contributed by atoms with Crippen LogP contribution in [0.25, 0.3) is 0 Å². The van der Waals surface area contributed by atoms with Crippen molar-refractivity contribution in [3.05, 3.63) is 16.6 Å². The SMILES string of the molecule is O=C(NCCc1cscn1)[C@@H]1CCCN1. The Kier molecular flexibility index (Phi) is 3.69. The molecular weight excluding hydrogens is 210 g/mol. The van der Waals surface area contributed by atoms with E-state index < -0.39 is 0 Å². The molecule has 0 aliphatic carbocycles. The summed E-state index contributed by atoms with van der Waals surface area (Å²) in [4.78, 5) is 15.7. The molecule has 1 aromatic rings. The second kappa shape index (κ2) is 5.23. The van der Waals surface area contributed by atoms with Gasteiger partial charge in [-0.3, -0.25) is 4.79 Å². The zero-order valence-corrected chi connectivity index (χ0v) is 9.35. The molecule has 82 valence electrons. The highest BCUT2D eigenvalue weighted by molar-refractivity contribution is 7.07. The minimum absolute atomic E-state index is 0.0282. The molecule has 0 spiro atoms. The number of amides is 1. The number of hydrogen-bond acceptors (Lipinski definition) is 4.